The largest absolute Gasteiger partial charge is 0.299 e. The van der Waals surface area contributed by atoms with Crippen molar-refractivity contribution in [2.75, 3.05) is 15.9 Å². The molecule has 1 N–H and O–H groups in total. The number of nitrogens with one attached hydrogen (secondary N) is 1. The molecule has 1 aromatic heterocycles. The van der Waals surface area contributed by atoms with Crippen molar-refractivity contribution in [1.82, 2.24) is 10.2 Å². The van der Waals surface area contributed by atoms with E-state index in [0.717, 1.165) is 27.5 Å². The molecule has 3 aromatic rings. The maximum atomic E-state index is 12.8. The Morgan fingerprint density at radius 2 is 1.70 bits per heavy atom. The second-order valence-electron chi connectivity index (χ2n) is 6.24. The monoisotopic (exact) mass is 504 g/mol. The van der Waals surface area contributed by atoms with Crippen LogP contribution in [0.25, 0.3) is 10.6 Å². The first kappa shape index (κ1) is 22.8. The zero-order valence-corrected chi connectivity index (χ0v) is 19.5. The lowest BCUT2D eigenvalue weighted by molar-refractivity contribution is -0.116. The van der Waals surface area contributed by atoms with Gasteiger partial charge in [0.15, 0.2) is 0 Å². The molecule has 158 valence electrons. The summed E-state index contributed by atoms with van der Waals surface area (Å²) in [6, 6.07) is 10.3. The number of aromatic nitrogens is 2. The summed E-state index contributed by atoms with van der Waals surface area (Å²) in [5.74, 6) is -0.602. The third kappa shape index (κ3) is 5.22. The van der Waals surface area contributed by atoms with Crippen LogP contribution in [0, 0.1) is 0 Å². The molecule has 1 heterocycles. The minimum Gasteiger partial charge on any atom is -0.299 e. The summed E-state index contributed by atoms with van der Waals surface area (Å²) >= 11 is 19.2. The van der Waals surface area contributed by atoms with E-state index in [1.54, 1.807) is 24.3 Å². The van der Waals surface area contributed by atoms with Gasteiger partial charge < -0.3 is 0 Å². The van der Waals surface area contributed by atoms with Crippen molar-refractivity contribution < 1.29 is 13.2 Å². The topological polar surface area (TPSA) is 92.3 Å². The molecule has 7 nitrogen and oxygen atoms in total. The van der Waals surface area contributed by atoms with Crippen LogP contribution in [0.3, 0.4) is 0 Å². The van der Waals surface area contributed by atoms with Gasteiger partial charge in [-0.05, 0) is 37.3 Å². The van der Waals surface area contributed by atoms with E-state index >= 15 is 0 Å². The van der Waals surface area contributed by atoms with Crippen LogP contribution < -0.4 is 9.62 Å². The highest BCUT2D eigenvalue weighted by Gasteiger charge is 2.31. The maximum Gasteiger partial charge on any atom is 0.249 e. The standard InChI is InChI=1S/C18H15Cl3N4O3S2/c1-10(25(30(2,27)28)15-9-13(20)7-8-14(15)21)16(26)22-18-24-23-17(29-18)11-3-5-12(19)6-4-11/h3-10H,1-2H3,(H,22,24,26)/t10-/m0/s1. The average Bonchev–Trinajstić information content (AvgIpc) is 3.12. The van der Waals surface area contributed by atoms with E-state index in [2.05, 4.69) is 15.5 Å². The molecule has 0 aliphatic rings. The van der Waals surface area contributed by atoms with Gasteiger partial charge in [0.2, 0.25) is 21.1 Å². The lowest BCUT2D eigenvalue weighted by atomic mass is 10.2. The molecule has 0 radical (unpaired) electrons. The van der Waals surface area contributed by atoms with Crippen LogP contribution >= 0.6 is 46.1 Å². The number of rotatable bonds is 6. The number of sulfonamides is 1. The van der Waals surface area contributed by atoms with Gasteiger partial charge in [0.1, 0.15) is 11.0 Å². The SMILES string of the molecule is C[C@@H](C(=O)Nc1nnc(-c2ccc(Cl)cc2)s1)N(c1cc(Cl)ccc1Cl)S(C)(=O)=O. The van der Waals surface area contributed by atoms with Gasteiger partial charge in [-0.3, -0.25) is 14.4 Å². The van der Waals surface area contributed by atoms with Crippen LogP contribution in [-0.4, -0.2) is 36.8 Å². The molecule has 0 saturated carbocycles. The van der Waals surface area contributed by atoms with Gasteiger partial charge in [0, 0.05) is 15.6 Å². The molecular formula is C18H15Cl3N4O3S2. The zero-order chi connectivity index (χ0) is 22.1. The Morgan fingerprint density at radius 1 is 1.07 bits per heavy atom. The molecule has 2 aromatic carbocycles. The van der Waals surface area contributed by atoms with Crippen molar-refractivity contribution in [3.63, 3.8) is 0 Å². The number of halogens is 3. The Hall–Kier alpha value is -1.91. The van der Waals surface area contributed by atoms with Crippen molar-refractivity contribution >= 4 is 72.9 Å². The summed E-state index contributed by atoms with van der Waals surface area (Å²) < 4.78 is 25.8. The lowest BCUT2D eigenvalue weighted by Crippen LogP contribution is -2.45. The number of anilines is 2. The summed E-state index contributed by atoms with van der Waals surface area (Å²) in [7, 11) is -3.85. The molecule has 1 atom stereocenters. The fourth-order valence-electron chi connectivity index (χ4n) is 2.63. The highest BCUT2D eigenvalue weighted by Crippen LogP contribution is 2.33. The van der Waals surface area contributed by atoms with E-state index in [9.17, 15) is 13.2 Å². The Balaban J connectivity index is 1.84. The highest BCUT2D eigenvalue weighted by molar-refractivity contribution is 7.92. The fraction of sp³-hybridized carbons (Fsp3) is 0.167. The molecule has 1 amide bonds. The Bertz CT molecular complexity index is 1180. The van der Waals surface area contributed by atoms with Crippen LogP contribution in [0.1, 0.15) is 6.92 Å². The van der Waals surface area contributed by atoms with Crippen LogP contribution in [0.5, 0.6) is 0 Å². The van der Waals surface area contributed by atoms with E-state index < -0.39 is 22.0 Å². The number of carbonyl (C=O) groups excluding carboxylic acids is 1. The summed E-state index contributed by atoms with van der Waals surface area (Å²) in [5, 5.41) is 12.4. The number of carbonyl (C=O) groups is 1. The first-order valence-electron chi connectivity index (χ1n) is 8.41. The molecule has 0 bridgehead atoms. The molecule has 0 spiro atoms. The van der Waals surface area contributed by atoms with Gasteiger partial charge in [-0.15, -0.1) is 10.2 Å². The normalized spacial score (nSPS) is 12.4. The van der Waals surface area contributed by atoms with Crippen molar-refractivity contribution in [3.8, 4) is 10.6 Å². The van der Waals surface area contributed by atoms with Gasteiger partial charge in [0.05, 0.1) is 17.0 Å². The van der Waals surface area contributed by atoms with Crippen LogP contribution in [-0.2, 0) is 14.8 Å². The van der Waals surface area contributed by atoms with Crippen molar-refractivity contribution in [2.24, 2.45) is 0 Å². The molecule has 30 heavy (non-hydrogen) atoms. The van der Waals surface area contributed by atoms with Gasteiger partial charge in [-0.25, -0.2) is 8.42 Å². The summed E-state index contributed by atoms with van der Waals surface area (Å²) in [4.78, 5) is 12.8. The number of benzene rings is 2. The van der Waals surface area contributed by atoms with Crippen molar-refractivity contribution in [2.45, 2.75) is 13.0 Å². The molecule has 0 aliphatic carbocycles. The first-order chi connectivity index (χ1) is 14.1. The van der Waals surface area contributed by atoms with Gasteiger partial charge in [-0.1, -0.05) is 58.3 Å². The number of amides is 1. The molecule has 0 saturated heterocycles. The zero-order valence-electron chi connectivity index (χ0n) is 15.6. The summed E-state index contributed by atoms with van der Waals surface area (Å²) in [6.45, 7) is 1.44. The maximum absolute atomic E-state index is 12.8. The molecule has 12 heteroatoms. The summed E-state index contributed by atoms with van der Waals surface area (Å²) in [6.07, 6.45) is 0.984. The van der Waals surface area contributed by atoms with Crippen molar-refractivity contribution in [1.29, 1.82) is 0 Å². The number of hydrogen-bond acceptors (Lipinski definition) is 6. The number of nitrogens with zero attached hydrogens (tertiary/aromatic N) is 3. The predicted molar refractivity (Wildman–Crippen MR) is 122 cm³/mol. The molecular weight excluding hydrogens is 491 g/mol. The second kappa shape index (κ2) is 9.07. The van der Waals surface area contributed by atoms with Gasteiger partial charge in [0.25, 0.3) is 0 Å². The van der Waals surface area contributed by atoms with Crippen LogP contribution in [0.2, 0.25) is 15.1 Å². The van der Waals surface area contributed by atoms with Crippen LogP contribution in [0.4, 0.5) is 10.8 Å². The smallest absolute Gasteiger partial charge is 0.249 e. The Kier molecular flexibility index (Phi) is 6.88. The number of hydrogen-bond donors (Lipinski definition) is 1. The third-order valence-corrected chi connectivity index (χ3v) is 6.90. The quantitative estimate of drug-likeness (QED) is 0.511. The Morgan fingerprint density at radius 3 is 2.33 bits per heavy atom. The van der Waals surface area contributed by atoms with E-state index in [-0.39, 0.29) is 20.9 Å². The second-order valence-corrected chi connectivity index (χ2v) is 10.4. The van der Waals surface area contributed by atoms with E-state index in [1.165, 1.54) is 25.1 Å². The minimum absolute atomic E-state index is 0.105. The molecule has 3 rings (SSSR count). The first-order valence-corrected chi connectivity index (χ1v) is 12.2. The lowest BCUT2D eigenvalue weighted by Gasteiger charge is -2.28. The van der Waals surface area contributed by atoms with Crippen molar-refractivity contribution in [3.05, 3.63) is 57.5 Å². The van der Waals surface area contributed by atoms with Gasteiger partial charge in [-0.2, -0.15) is 0 Å². The fourth-order valence-corrected chi connectivity index (χ4v) is 5.11. The molecule has 0 aliphatic heterocycles. The molecule has 0 fully saturated rings. The highest BCUT2D eigenvalue weighted by atomic mass is 35.5. The Labute approximate surface area is 192 Å². The molecule has 0 unspecified atom stereocenters. The van der Waals surface area contributed by atoms with Crippen LogP contribution in [0.15, 0.2) is 42.5 Å². The minimum atomic E-state index is -3.85. The predicted octanol–water partition coefficient (Wildman–Crippen LogP) is 4.96. The third-order valence-electron chi connectivity index (χ3n) is 3.98. The summed E-state index contributed by atoms with van der Waals surface area (Å²) in [5.41, 5.74) is 0.891. The average molecular weight is 506 g/mol. The van der Waals surface area contributed by atoms with Gasteiger partial charge >= 0.3 is 0 Å². The van der Waals surface area contributed by atoms with E-state index in [0.29, 0.717) is 10.0 Å². The van der Waals surface area contributed by atoms with E-state index in [1.807, 2.05) is 0 Å². The van der Waals surface area contributed by atoms with E-state index in [4.69, 9.17) is 34.8 Å².